The number of anilines is 3. The maximum absolute atomic E-state index is 13.6. The Hall–Kier alpha value is -7.20. The number of methoxy groups -OCH3 is 2. The van der Waals surface area contributed by atoms with Crippen LogP contribution in [-0.4, -0.2) is 93.1 Å². The van der Waals surface area contributed by atoms with Gasteiger partial charge in [0.2, 0.25) is 17.1 Å². The van der Waals surface area contributed by atoms with Crippen LogP contribution in [-0.2, 0) is 16.0 Å². The fourth-order valence-electron chi connectivity index (χ4n) is 8.85. The van der Waals surface area contributed by atoms with E-state index < -0.39 is 11.9 Å². The van der Waals surface area contributed by atoms with Crippen LogP contribution in [0.15, 0.2) is 65.2 Å². The zero-order valence-corrected chi connectivity index (χ0v) is 39.2. The van der Waals surface area contributed by atoms with Crippen molar-refractivity contribution in [2.75, 3.05) is 76.7 Å². The molecular formula is C52H60N7O9+. The second kappa shape index (κ2) is 21.2. The largest absolute Gasteiger partial charge is 0.493 e. The summed E-state index contributed by atoms with van der Waals surface area (Å²) in [7, 11) is 3.12. The monoisotopic (exact) mass is 926 g/mol. The van der Waals surface area contributed by atoms with Crippen molar-refractivity contribution in [3.05, 3.63) is 99.5 Å². The Morgan fingerprint density at radius 3 is 2.25 bits per heavy atom. The molecule has 4 heterocycles. The molecule has 16 heteroatoms. The molecule has 0 saturated carbocycles. The number of nitrogens with zero attached hydrogens (tertiary/aromatic N) is 4. The van der Waals surface area contributed by atoms with Gasteiger partial charge in [-0.05, 0) is 105 Å². The molecule has 2 saturated heterocycles. The van der Waals surface area contributed by atoms with Crippen LogP contribution < -0.4 is 45.8 Å². The van der Waals surface area contributed by atoms with Gasteiger partial charge in [0.1, 0.15) is 42.8 Å². The number of amides is 1. The number of nitrogens with one attached hydrogen (secondary N) is 1. The van der Waals surface area contributed by atoms with Crippen LogP contribution in [0.5, 0.6) is 17.2 Å². The van der Waals surface area contributed by atoms with E-state index in [4.69, 9.17) is 34.8 Å². The lowest BCUT2D eigenvalue weighted by Crippen LogP contribution is -2.42. The Balaban J connectivity index is 0.831. The van der Waals surface area contributed by atoms with Crippen molar-refractivity contribution >= 4 is 46.1 Å². The van der Waals surface area contributed by atoms with E-state index in [2.05, 4.69) is 62.9 Å². The summed E-state index contributed by atoms with van der Waals surface area (Å²) in [5, 5.41) is 15.2. The molecule has 0 bridgehead atoms. The standard InChI is InChI=1S/C52H59N7O9/c1-31-21-39-43(27-41(31)58-15-9-16-58)68-44-28-42(59-17-10-18-59)32(2)22-40(44)47(39)38-26-34(13-14-37(38)51(62)63)50(61)56-30-66-19-7-5-11-36(60)12-6-8-20-67-48-45(64-3)24-33(25-46(48)65-4)23-35-29-55-52(54)57-49(35)53/h13-14,21-22,24-29H,5-12,15-20,23,30H2,1-4H3,(H5-,53,54,55,56,57,61,62,63)/p+1. The summed E-state index contributed by atoms with van der Waals surface area (Å²) in [6.07, 6.45) is 7.79. The van der Waals surface area contributed by atoms with Gasteiger partial charge in [0.15, 0.2) is 11.5 Å². The fourth-order valence-corrected chi connectivity index (χ4v) is 8.85. The van der Waals surface area contributed by atoms with E-state index in [1.54, 1.807) is 26.5 Å². The minimum absolute atomic E-state index is 0.0414. The number of nitrogens with two attached hydrogens (primary N) is 2. The predicted octanol–water partition coefficient (Wildman–Crippen LogP) is 7.16. The number of Topliss-reactive ketones (excluding diaryl/α,β-unsaturated/α-hetero) is 1. The Kier molecular flexibility index (Phi) is 14.7. The highest BCUT2D eigenvalue weighted by Gasteiger charge is 2.28. The number of carboxylic acids is 1. The molecule has 68 heavy (non-hydrogen) atoms. The zero-order valence-electron chi connectivity index (χ0n) is 39.2. The predicted molar refractivity (Wildman–Crippen MR) is 261 cm³/mol. The molecule has 16 nitrogen and oxygen atoms in total. The third-order valence-corrected chi connectivity index (χ3v) is 12.8. The maximum Gasteiger partial charge on any atom is 0.336 e. The van der Waals surface area contributed by atoms with Gasteiger partial charge in [-0.15, -0.1) is 0 Å². The second-order valence-corrected chi connectivity index (χ2v) is 17.5. The Morgan fingerprint density at radius 2 is 1.60 bits per heavy atom. The van der Waals surface area contributed by atoms with Crippen LogP contribution in [0.3, 0.4) is 0 Å². The fraction of sp³-hybridized carbons (Fsp3) is 0.385. The lowest BCUT2D eigenvalue weighted by molar-refractivity contribution is -0.119. The van der Waals surface area contributed by atoms with Crippen molar-refractivity contribution in [3.63, 3.8) is 0 Å². The van der Waals surface area contributed by atoms with Crippen LogP contribution in [0.2, 0.25) is 0 Å². The summed E-state index contributed by atoms with van der Waals surface area (Å²) in [4.78, 5) is 49.5. The van der Waals surface area contributed by atoms with Gasteiger partial charge >= 0.3 is 5.97 Å². The minimum atomic E-state index is -1.09. The Bertz CT molecular complexity index is 2880. The number of unbranched alkanes of at least 4 members (excludes halogenated alkanes) is 2. The first-order valence-electron chi connectivity index (χ1n) is 23.3. The van der Waals surface area contributed by atoms with Crippen molar-refractivity contribution in [1.82, 2.24) is 19.9 Å². The number of hydrogen-bond acceptors (Lipinski definition) is 13. The number of ether oxygens (including phenoxy) is 4. The van der Waals surface area contributed by atoms with E-state index in [9.17, 15) is 19.5 Å². The molecule has 1 aromatic heterocycles. The number of aromatic nitrogens is 2. The number of carbonyl (C=O) groups excluding carboxylic acids is 2. The number of rotatable bonds is 21. The van der Waals surface area contributed by atoms with Gasteiger partial charge in [-0.1, -0.05) is 0 Å². The van der Waals surface area contributed by atoms with Crippen molar-refractivity contribution in [3.8, 4) is 39.7 Å². The van der Waals surface area contributed by atoms with Gasteiger partial charge in [-0.25, -0.2) is 14.4 Å². The molecule has 0 spiro atoms. The average Bonchev–Trinajstić information content (AvgIpc) is 3.28. The van der Waals surface area contributed by atoms with Gasteiger partial charge < -0.3 is 50.2 Å². The van der Waals surface area contributed by atoms with Crippen LogP contribution in [0.4, 0.5) is 17.5 Å². The van der Waals surface area contributed by atoms with Crippen LogP contribution >= 0.6 is 0 Å². The van der Waals surface area contributed by atoms with Gasteiger partial charge in [-0.3, -0.25) is 9.59 Å². The highest BCUT2D eigenvalue weighted by Crippen LogP contribution is 2.44. The molecule has 6 N–H and O–H groups in total. The molecule has 1 amide bonds. The molecule has 2 fully saturated rings. The number of aryl methyl sites for hydroxylation is 2. The maximum atomic E-state index is 13.6. The van der Waals surface area contributed by atoms with Crippen LogP contribution in [0.25, 0.3) is 33.4 Å². The number of aromatic carboxylic acids is 1. The van der Waals surface area contributed by atoms with Crippen molar-refractivity contribution in [2.45, 2.75) is 71.6 Å². The summed E-state index contributed by atoms with van der Waals surface area (Å²) in [5.74, 6) is 1.24. The first-order valence-corrected chi connectivity index (χ1v) is 23.3. The molecule has 0 atom stereocenters. The molecule has 4 aliphatic rings. The van der Waals surface area contributed by atoms with E-state index in [-0.39, 0.29) is 24.0 Å². The number of benzene rings is 4. The molecule has 356 valence electrons. The van der Waals surface area contributed by atoms with E-state index in [0.29, 0.717) is 109 Å². The van der Waals surface area contributed by atoms with E-state index >= 15 is 0 Å². The average molecular weight is 927 g/mol. The number of ketones is 1. The van der Waals surface area contributed by atoms with Crippen LogP contribution in [0, 0.1) is 13.8 Å². The second-order valence-electron chi connectivity index (χ2n) is 17.5. The highest BCUT2D eigenvalue weighted by molar-refractivity contribution is 6.10. The Morgan fingerprint density at radius 1 is 0.868 bits per heavy atom. The normalized spacial score (nSPS) is 13.3. The molecule has 8 rings (SSSR count). The zero-order chi connectivity index (χ0) is 47.9. The number of carbonyl (C=O) groups is 3. The van der Waals surface area contributed by atoms with Gasteiger partial charge in [0.25, 0.3) is 5.91 Å². The Labute approximate surface area is 395 Å². The van der Waals surface area contributed by atoms with Crippen molar-refractivity contribution < 1.29 is 42.9 Å². The number of nitrogen functional groups attached to an aromatic ring is 2. The van der Waals surface area contributed by atoms with Crippen molar-refractivity contribution in [2.24, 2.45) is 0 Å². The van der Waals surface area contributed by atoms with Gasteiger partial charge in [0, 0.05) is 90.1 Å². The summed E-state index contributed by atoms with van der Waals surface area (Å²) >= 11 is 0. The third-order valence-electron chi connectivity index (χ3n) is 12.8. The molecule has 3 aromatic carbocycles. The summed E-state index contributed by atoms with van der Waals surface area (Å²) < 4.78 is 32.0. The summed E-state index contributed by atoms with van der Waals surface area (Å²) in [6, 6.07) is 16.7. The molecule has 1 aliphatic carbocycles. The lowest BCUT2D eigenvalue weighted by Gasteiger charge is -2.34. The van der Waals surface area contributed by atoms with Crippen molar-refractivity contribution in [1.29, 1.82) is 0 Å². The molecule has 3 aliphatic heterocycles. The molecule has 0 radical (unpaired) electrons. The smallest absolute Gasteiger partial charge is 0.336 e. The highest BCUT2D eigenvalue weighted by atomic mass is 16.5. The van der Waals surface area contributed by atoms with Gasteiger partial charge in [-0.2, -0.15) is 4.98 Å². The van der Waals surface area contributed by atoms with Crippen LogP contribution in [0.1, 0.15) is 94.3 Å². The minimum Gasteiger partial charge on any atom is -0.493 e. The first kappa shape index (κ1) is 47.3. The van der Waals surface area contributed by atoms with E-state index in [1.807, 2.05) is 12.1 Å². The summed E-state index contributed by atoms with van der Waals surface area (Å²) in [5.41, 5.74) is 19.4. The summed E-state index contributed by atoms with van der Waals surface area (Å²) in [6.45, 7) is 8.72. The number of carboxylic acid groups (broad SMARTS) is 1. The quantitative estimate of drug-likeness (QED) is 0.0244. The lowest BCUT2D eigenvalue weighted by atomic mass is 9.88. The third kappa shape index (κ3) is 10.5. The van der Waals surface area contributed by atoms with E-state index in [0.717, 1.165) is 83.3 Å². The first-order chi connectivity index (χ1) is 32.9. The SMILES string of the molecule is COc1cc(Cc2cnc(N)nc2N)cc(OC)c1OCCCCC(=O)CCCCOCNC(=O)c1ccc(C(=O)O)c(-c2c3cc(C)c(=[N+]4CCC4)cc-3oc3cc(N4CCC4)c(C)cc23)c1. The topological polar surface area (TPSA) is 218 Å². The number of fused-ring (bicyclic) bond motifs is 2. The van der Waals surface area contributed by atoms with Gasteiger partial charge in [0.05, 0.1) is 38.9 Å². The number of hydrogen-bond donors (Lipinski definition) is 4. The molecule has 4 aromatic rings. The molecular weight excluding hydrogens is 867 g/mol. The molecule has 0 unspecified atom stereocenters. The van der Waals surface area contributed by atoms with E-state index in [1.165, 1.54) is 12.1 Å².